The Labute approximate surface area is 101 Å². The van der Waals surface area contributed by atoms with Gasteiger partial charge in [0.1, 0.15) is 6.04 Å². The summed E-state index contributed by atoms with van der Waals surface area (Å²) < 4.78 is 4.96. The van der Waals surface area contributed by atoms with Crippen LogP contribution in [0.2, 0.25) is 0 Å². The standard InChI is InChI=1S/C12H17N3O2/c1-8(12(16)15-9-3-4-9)14-10-5-6-11(17-2)13-7-10/h5-9,14H,3-4H2,1-2H3,(H,15,16). The molecule has 1 aromatic rings. The molecule has 5 nitrogen and oxygen atoms in total. The molecule has 92 valence electrons. The molecule has 17 heavy (non-hydrogen) atoms. The number of pyridine rings is 1. The Morgan fingerprint density at radius 1 is 1.53 bits per heavy atom. The van der Waals surface area contributed by atoms with Crippen LogP contribution in [0.5, 0.6) is 5.88 Å². The zero-order valence-electron chi connectivity index (χ0n) is 10.1. The van der Waals surface area contributed by atoms with Gasteiger partial charge >= 0.3 is 0 Å². The van der Waals surface area contributed by atoms with Crippen LogP contribution in [-0.2, 0) is 4.79 Å². The molecule has 1 atom stereocenters. The highest BCUT2D eigenvalue weighted by Crippen LogP contribution is 2.19. The van der Waals surface area contributed by atoms with Crippen LogP contribution >= 0.6 is 0 Å². The summed E-state index contributed by atoms with van der Waals surface area (Å²) in [7, 11) is 1.57. The number of nitrogens with zero attached hydrogens (tertiary/aromatic N) is 1. The van der Waals surface area contributed by atoms with E-state index in [9.17, 15) is 4.79 Å². The molecule has 1 heterocycles. The van der Waals surface area contributed by atoms with Gasteiger partial charge in [-0.1, -0.05) is 0 Å². The molecule has 0 aliphatic heterocycles. The van der Waals surface area contributed by atoms with Crippen LogP contribution in [0.15, 0.2) is 18.3 Å². The number of nitrogens with one attached hydrogen (secondary N) is 2. The lowest BCUT2D eigenvalue weighted by molar-refractivity contribution is -0.121. The van der Waals surface area contributed by atoms with E-state index < -0.39 is 0 Å². The Bertz CT molecular complexity index is 387. The summed E-state index contributed by atoms with van der Waals surface area (Å²) in [6.45, 7) is 1.84. The summed E-state index contributed by atoms with van der Waals surface area (Å²) in [5.41, 5.74) is 0.809. The van der Waals surface area contributed by atoms with Crippen molar-refractivity contribution in [3.63, 3.8) is 0 Å². The highest BCUT2D eigenvalue weighted by atomic mass is 16.5. The van der Waals surface area contributed by atoms with Crippen molar-refractivity contribution in [3.8, 4) is 5.88 Å². The third kappa shape index (κ3) is 3.34. The second kappa shape index (κ2) is 5.03. The van der Waals surface area contributed by atoms with Gasteiger partial charge in [0.25, 0.3) is 0 Å². The van der Waals surface area contributed by atoms with Crippen molar-refractivity contribution in [2.24, 2.45) is 0 Å². The van der Waals surface area contributed by atoms with Gasteiger partial charge in [-0.15, -0.1) is 0 Å². The fourth-order valence-electron chi connectivity index (χ4n) is 1.46. The average Bonchev–Trinajstić information content (AvgIpc) is 3.14. The van der Waals surface area contributed by atoms with E-state index in [-0.39, 0.29) is 11.9 Å². The number of amides is 1. The van der Waals surface area contributed by atoms with Gasteiger partial charge in [-0.2, -0.15) is 0 Å². The lowest BCUT2D eigenvalue weighted by Gasteiger charge is -2.14. The molecule has 2 N–H and O–H groups in total. The Hall–Kier alpha value is -1.78. The summed E-state index contributed by atoms with van der Waals surface area (Å²) in [6, 6.07) is 3.73. The van der Waals surface area contributed by atoms with E-state index in [0.29, 0.717) is 11.9 Å². The summed E-state index contributed by atoms with van der Waals surface area (Å²) in [5, 5.41) is 6.05. The zero-order valence-corrected chi connectivity index (χ0v) is 10.1. The molecule has 5 heteroatoms. The van der Waals surface area contributed by atoms with Crippen LogP contribution < -0.4 is 15.4 Å². The minimum Gasteiger partial charge on any atom is -0.481 e. The zero-order chi connectivity index (χ0) is 12.3. The van der Waals surface area contributed by atoms with Crippen molar-refractivity contribution in [1.29, 1.82) is 0 Å². The Kier molecular flexibility index (Phi) is 3.46. The molecule has 2 rings (SSSR count). The van der Waals surface area contributed by atoms with Crippen LogP contribution in [-0.4, -0.2) is 30.1 Å². The summed E-state index contributed by atoms with van der Waals surface area (Å²) in [4.78, 5) is 15.8. The Morgan fingerprint density at radius 2 is 2.29 bits per heavy atom. The lowest BCUT2D eigenvalue weighted by atomic mass is 10.3. The second-order valence-electron chi connectivity index (χ2n) is 4.24. The molecule has 1 fully saturated rings. The van der Waals surface area contributed by atoms with Crippen LogP contribution in [0, 0.1) is 0 Å². The first-order chi connectivity index (χ1) is 8.19. The number of rotatable bonds is 5. The van der Waals surface area contributed by atoms with Gasteiger partial charge in [-0.25, -0.2) is 4.98 Å². The van der Waals surface area contributed by atoms with Gasteiger partial charge < -0.3 is 15.4 Å². The maximum Gasteiger partial charge on any atom is 0.242 e. The molecule has 0 saturated heterocycles. The number of aromatic nitrogens is 1. The van der Waals surface area contributed by atoms with E-state index in [2.05, 4.69) is 15.6 Å². The van der Waals surface area contributed by atoms with Gasteiger partial charge in [0.15, 0.2) is 0 Å². The van der Waals surface area contributed by atoms with Crippen LogP contribution in [0.25, 0.3) is 0 Å². The third-order valence-corrected chi connectivity index (χ3v) is 2.65. The van der Waals surface area contributed by atoms with Gasteiger partial charge in [-0.05, 0) is 25.8 Å². The summed E-state index contributed by atoms with van der Waals surface area (Å²) >= 11 is 0. The van der Waals surface area contributed by atoms with E-state index in [1.165, 1.54) is 0 Å². The molecule has 0 radical (unpaired) electrons. The van der Waals surface area contributed by atoms with E-state index >= 15 is 0 Å². The first kappa shape index (κ1) is 11.7. The largest absolute Gasteiger partial charge is 0.481 e. The van der Waals surface area contributed by atoms with Crippen molar-refractivity contribution >= 4 is 11.6 Å². The maximum absolute atomic E-state index is 11.7. The van der Waals surface area contributed by atoms with E-state index in [1.807, 2.05) is 13.0 Å². The molecule has 1 unspecified atom stereocenters. The van der Waals surface area contributed by atoms with Gasteiger partial charge in [-0.3, -0.25) is 4.79 Å². The normalized spacial score (nSPS) is 16.1. The van der Waals surface area contributed by atoms with Crippen molar-refractivity contribution in [2.75, 3.05) is 12.4 Å². The third-order valence-electron chi connectivity index (χ3n) is 2.65. The molecule has 1 saturated carbocycles. The topological polar surface area (TPSA) is 63.2 Å². The number of methoxy groups -OCH3 is 1. The van der Waals surface area contributed by atoms with Crippen molar-refractivity contribution in [3.05, 3.63) is 18.3 Å². The quantitative estimate of drug-likeness (QED) is 0.804. The number of hydrogen-bond donors (Lipinski definition) is 2. The van der Waals surface area contributed by atoms with Gasteiger partial charge in [0.2, 0.25) is 11.8 Å². The second-order valence-corrected chi connectivity index (χ2v) is 4.24. The Balaban J connectivity index is 1.87. The fraction of sp³-hybridized carbons (Fsp3) is 0.500. The molecule has 1 aromatic heterocycles. The fourth-order valence-corrected chi connectivity index (χ4v) is 1.46. The summed E-state index contributed by atoms with van der Waals surface area (Å²) in [6.07, 6.45) is 3.85. The predicted octanol–water partition coefficient (Wildman–Crippen LogP) is 1.17. The SMILES string of the molecule is COc1ccc(NC(C)C(=O)NC2CC2)cn1. The van der Waals surface area contributed by atoms with Crippen LogP contribution in [0.3, 0.4) is 0 Å². The number of carbonyl (C=O) groups excluding carboxylic acids is 1. The van der Waals surface area contributed by atoms with E-state index in [4.69, 9.17) is 4.74 Å². The number of hydrogen-bond acceptors (Lipinski definition) is 4. The highest BCUT2D eigenvalue weighted by Gasteiger charge is 2.25. The molecule has 0 spiro atoms. The first-order valence-electron chi connectivity index (χ1n) is 5.76. The van der Waals surface area contributed by atoms with E-state index in [1.54, 1.807) is 19.4 Å². The lowest BCUT2D eigenvalue weighted by Crippen LogP contribution is -2.38. The predicted molar refractivity (Wildman–Crippen MR) is 65.0 cm³/mol. The van der Waals surface area contributed by atoms with Crippen molar-refractivity contribution < 1.29 is 9.53 Å². The Morgan fingerprint density at radius 3 is 2.82 bits per heavy atom. The number of carbonyl (C=O) groups is 1. The monoisotopic (exact) mass is 235 g/mol. The maximum atomic E-state index is 11.7. The van der Waals surface area contributed by atoms with Crippen molar-refractivity contribution in [2.45, 2.75) is 31.8 Å². The number of anilines is 1. The van der Waals surface area contributed by atoms with E-state index in [0.717, 1.165) is 18.5 Å². The minimum atomic E-state index is -0.259. The first-order valence-corrected chi connectivity index (χ1v) is 5.76. The van der Waals surface area contributed by atoms with Gasteiger partial charge in [0, 0.05) is 12.1 Å². The van der Waals surface area contributed by atoms with Crippen LogP contribution in [0.1, 0.15) is 19.8 Å². The van der Waals surface area contributed by atoms with Gasteiger partial charge in [0.05, 0.1) is 19.0 Å². The molecule has 1 aliphatic rings. The minimum absolute atomic E-state index is 0.0309. The summed E-state index contributed by atoms with van der Waals surface area (Å²) in [5.74, 6) is 0.592. The highest BCUT2D eigenvalue weighted by molar-refractivity contribution is 5.84. The van der Waals surface area contributed by atoms with Crippen molar-refractivity contribution in [1.82, 2.24) is 10.3 Å². The van der Waals surface area contributed by atoms with Crippen LogP contribution in [0.4, 0.5) is 5.69 Å². The molecule has 0 aromatic carbocycles. The molecule has 1 amide bonds. The average molecular weight is 235 g/mol. The number of ether oxygens (including phenoxy) is 1. The smallest absolute Gasteiger partial charge is 0.242 e. The molecular weight excluding hydrogens is 218 g/mol. The molecule has 0 bridgehead atoms. The molecule has 1 aliphatic carbocycles. The molecular formula is C12H17N3O2.